The molecule has 0 N–H and O–H groups in total. The molecule has 0 saturated carbocycles. The van der Waals surface area contributed by atoms with E-state index in [1.165, 1.54) is 8.61 Å². The molecule has 212 valence electrons. The van der Waals surface area contributed by atoms with Gasteiger partial charge in [-0.1, -0.05) is 48.0 Å². The molecule has 0 spiro atoms. The Hall–Kier alpha value is -3.09. The summed E-state index contributed by atoms with van der Waals surface area (Å²) in [5, 5.41) is 0. The van der Waals surface area contributed by atoms with Gasteiger partial charge in [-0.2, -0.15) is 8.61 Å². The van der Waals surface area contributed by atoms with Crippen molar-refractivity contribution in [2.75, 3.05) is 52.4 Å². The zero-order chi connectivity index (χ0) is 28.3. The molecule has 11 heteroatoms. The molecular weight excluding hydrogens is 548 g/mol. The number of nitrogens with zero attached hydrogens (tertiary/aromatic N) is 4. The number of sulfonamides is 2. The number of rotatable bonds is 7. The fourth-order valence-corrected chi connectivity index (χ4v) is 7.97. The molecule has 5 rings (SSSR count). The van der Waals surface area contributed by atoms with Crippen LogP contribution in [0.2, 0.25) is 0 Å². The summed E-state index contributed by atoms with van der Waals surface area (Å²) in [5.41, 5.74) is 2.56. The van der Waals surface area contributed by atoms with Crippen molar-refractivity contribution in [1.29, 1.82) is 0 Å². The molecule has 3 aromatic carbocycles. The summed E-state index contributed by atoms with van der Waals surface area (Å²) in [5.74, 6) is -0.118. The van der Waals surface area contributed by atoms with Crippen molar-refractivity contribution >= 4 is 26.0 Å². The Morgan fingerprint density at radius 2 is 1.20 bits per heavy atom. The molecule has 3 aromatic rings. The number of amides is 1. The van der Waals surface area contributed by atoms with E-state index in [4.69, 9.17) is 0 Å². The van der Waals surface area contributed by atoms with Crippen molar-refractivity contribution < 1.29 is 21.6 Å². The molecule has 2 fully saturated rings. The summed E-state index contributed by atoms with van der Waals surface area (Å²) in [7, 11) is -7.10. The van der Waals surface area contributed by atoms with E-state index in [1.54, 1.807) is 53.4 Å². The Bertz CT molecular complexity index is 1550. The average molecular weight is 583 g/mol. The maximum atomic E-state index is 13.3. The zero-order valence-corrected chi connectivity index (χ0v) is 24.1. The predicted octanol–water partition coefficient (Wildman–Crippen LogP) is 2.65. The van der Waals surface area contributed by atoms with Crippen LogP contribution in [0, 0.1) is 6.92 Å². The Morgan fingerprint density at radius 3 is 1.80 bits per heavy atom. The largest absolute Gasteiger partial charge is 0.336 e. The van der Waals surface area contributed by atoms with Gasteiger partial charge in [-0.3, -0.25) is 9.69 Å². The van der Waals surface area contributed by atoms with Gasteiger partial charge in [-0.15, -0.1) is 0 Å². The molecular formula is C29H34N4O5S2. The standard InChI is InChI=1S/C29H34N4O5S2/c1-24-10-12-28(13-11-24)40(37,38)32-18-14-30(15-19-32)23-25-6-5-7-26(22-25)29(34)31-16-20-33(21-17-31)39(35,36)27-8-3-2-4-9-27/h2-13,22H,14-21,23H2,1H3. The predicted molar refractivity (Wildman–Crippen MR) is 153 cm³/mol. The molecule has 2 heterocycles. The minimum absolute atomic E-state index is 0.118. The minimum atomic E-state index is -3.58. The van der Waals surface area contributed by atoms with Crippen molar-refractivity contribution in [2.45, 2.75) is 23.3 Å². The number of piperazine rings is 2. The second-order valence-corrected chi connectivity index (χ2v) is 14.1. The molecule has 2 aliphatic rings. The van der Waals surface area contributed by atoms with Gasteiger partial charge in [0, 0.05) is 64.5 Å². The molecule has 9 nitrogen and oxygen atoms in total. The fraction of sp³-hybridized carbons (Fsp3) is 0.345. The van der Waals surface area contributed by atoms with E-state index in [1.807, 2.05) is 37.3 Å². The van der Waals surface area contributed by atoms with Crippen molar-refractivity contribution in [3.63, 3.8) is 0 Å². The summed E-state index contributed by atoms with van der Waals surface area (Å²) in [6.07, 6.45) is 0. The van der Waals surface area contributed by atoms with Crippen molar-refractivity contribution in [3.05, 3.63) is 95.6 Å². The van der Waals surface area contributed by atoms with Crippen LogP contribution in [0.5, 0.6) is 0 Å². The lowest BCUT2D eigenvalue weighted by molar-refractivity contribution is 0.0697. The zero-order valence-electron chi connectivity index (χ0n) is 22.5. The monoisotopic (exact) mass is 582 g/mol. The fourth-order valence-electron chi connectivity index (χ4n) is 5.10. The first-order chi connectivity index (χ1) is 19.1. The van der Waals surface area contributed by atoms with E-state index in [0.717, 1.165) is 11.1 Å². The quantitative estimate of drug-likeness (QED) is 0.425. The third-order valence-electron chi connectivity index (χ3n) is 7.48. The molecule has 0 aliphatic carbocycles. The number of carbonyl (C=O) groups excluding carboxylic acids is 1. The van der Waals surface area contributed by atoms with Crippen LogP contribution in [-0.2, 0) is 26.6 Å². The van der Waals surface area contributed by atoms with Gasteiger partial charge in [0.2, 0.25) is 20.0 Å². The van der Waals surface area contributed by atoms with E-state index in [2.05, 4.69) is 4.90 Å². The summed E-state index contributed by atoms with van der Waals surface area (Å²) in [6.45, 7) is 5.70. The molecule has 2 aliphatic heterocycles. The number of aryl methyl sites for hydroxylation is 1. The van der Waals surface area contributed by atoms with Gasteiger partial charge in [0.15, 0.2) is 0 Å². The smallest absolute Gasteiger partial charge is 0.253 e. The van der Waals surface area contributed by atoms with E-state index < -0.39 is 20.0 Å². The van der Waals surface area contributed by atoms with Crippen LogP contribution in [0.15, 0.2) is 88.7 Å². The second-order valence-electron chi connectivity index (χ2n) is 10.2. The van der Waals surface area contributed by atoms with Gasteiger partial charge < -0.3 is 4.90 Å². The molecule has 0 unspecified atom stereocenters. The highest BCUT2D eigenvalue weighted by Crippen LogP contribution is 2.21. The molecule has 0 atom stereocenters. The first-order valence-corrected chi connectivity index (χ1v) is 16.3. The molecule has 2 saturated heterocycles. The summed E-state index contributed by atoms with van der Waals surface area (Å²) in [6, 6.07) is 22.8. The molecule has 1 amide bonds. The summed E-state index contributed by atoms with van der Waals surface area (Å²) >= 11 is 0. The lowest BCUT2D eigenvalue weighted by Crippen LogP contribution is -2.50. The molecule has 40 heavy (non-hydrogen) atoms. The Kier molecular flexibility index (Phi) is 8.39. The van der Waals surface area contributed by atoms with Crippen LogP contribution in [0.25, 0.3) is 0 Å². The van der Waals surface area contributed by atoms with Crippen molar-refractivity contribution in [2.24, 2.45) is 0 Å². The minimum Gasteiger partial charge on any atom is -0.336 e. The SMILES string of the molecule is Cc1ccc(S(=O)(=O)N2CCN(Cc3cccc(C(=O)N4CCN(S(=O)(=O)c5ccccc5)CC4)c3)CC2)cc1. The third-order valence-corrected chi connectivity index (χ3v) is 11.3. The molecule has 0 bridgehead atoms. The number of carbonyl (C=O) groups is 1. The highest BCUT2D eigenvalue weighted by molar-refractivity contribution is 7.89. The Labute approximate surface area is 236 Å². The third kappa shape index (κ3) is 6.13. The van der Waals surface area contributed by atoms with Crippen LogP contribution < -0.4 is 0 Å². The van der Waals surface area contributed by atoms with Crippen molar-refractivity contribution in [3.8, 4) is 0 Å². The lowest BCUT2D eigenvalue weighted by atomic mass is 10.1. The number of hydrogen-bond donors (Lipinski definition) is 0. The lowest BCUT2D eigenvalue weighted by Gasteiger charge is -2.34. The van der Waals surface area contributed by atoms with Crippen LogP contribution in [0.4, 0.5) is 0 Å². The molecule has 0 aromatic heterocycles. The maximum absolute atomic E-state index is 13.3. The second kappa shape index (κ2) is 11.8. The highest BCUT2D eigenvalue weighted by atomic mass is 32.2. The van der Waals surface area contributed by atoms with E-state index in [9.17, 15) is 21.6 Å². The van der Waals surface area contributed by atoms with Crippen LogP contribution in [-0.4, -0.2) is 93.5 Å². The van der Waals surface area contributed by atoms with Gasteiger partial charge in [-0.25, -0.2) is 16.8 Å². The van der Waals surface area contributed by atoms with E-state index in [-0.39, 0.29) is 23.9 Å². The first-order valence-electron chi connectivity index (χ1n) is 13.4. The average Bonchev–Trinajstić information content (AvgIpc) is 2.98. The molecule has 0 radical (unpaired) electrons. The van der Waals surface area contributed by atoms with Crippen LogP contribution in [0.1, 0.15) is 21.5 Å². The maximum Gasteiger partial charge on any atom is 0.253 e. The van der Waals surface area contributed by atoms with Gasteiger partial charge >= 0.3 is 0 Å². The Morgan fingerprint density at radius 1 is 0.650 bits per heavy atom. The van der Waals surface area contributed by atoms with Crippen LogP contribution in [0.3, 0.4) is 0 Å². The van der Waals surface area contributed by atoms with Gasteiger partial charge in [0.25, 0.3) is 5.91 Å². The first kappa shape index (κ1) is 28.4. The van der Waals surface area contributed by atoms with E-state index >= 15 is 0 Å². The normalized spacial score (nSPS) is 18.1. The van der Waals surface area contributed by atoms with Gasteiger partial charge in [0.1, 0.15) is 0 Å². The van der Waals surface area contributed by atoms with E-state index in [0.29, 0.717) is 56.3 Å². The van der Waals surface area contributed by atoms with Crippen LogP contribution >= 0.6 is 0 Å². The van der Waals surface area contributed by atoms with Gasteiger partial charge in [0.05, 0.1) is 9.79 Å². The number of benzene rings is 3. The summed E-state index contributed by atoms with van der Waals surface area (Å²) < 4.78 is 54.8. The Balaban J connectivity index is 1.16. The number of hydrogen-bond acceptors (Lipinski definition) is 6. The summed E-state index contributed by atoms with van der Waals surface area (Å²) in [4.78, 5) is 17.7. The van der Waals surface area contributed by atoms with Gasteiger partial charge in [-0.05, 0) is 48.9 Å². The van der Waals surface area contributed by atoms with Crippen molar-refractivity contribution in [1.82, 2.24) is 18.4 Å². The topological polar surface area (TPSA) is 98.3 Å². The highest BCUT2D eigenvalue weighted by Gasteiger charge is 2.31.